The molecule has 1 N–H and O–H groups in total. The number of nitrogens with one attached hydrogen (secondary N) is 1. The smallest absolute Gasteiger partial charge is 0.181 e. The molecule has 102 valence electrons. The number of fused-ring (bicyclic) bond motifs is 1. The van der Waals surface area contributed by atoms with E-state index >= 15 is 0 Å². The number of aromatic amines is 1. The van der Waals surface area contributed by atoms with Crippen LogP contribution in [0.5, 0.6) is 5.75 Å². The van der Waals surface area contributed by atoms with Crippen LogP contribution in [-0.4, -0.2) is 27.0 Å². The van der Waals surface area contributed by atoms with Crippen LogP contribution in [-0.2, 0) is 5.75 Å². The van der Waals surface area contributed by atoms with E-state index in [1.165, 1.54) is 6.33 Å². The third-order valence-corrected chi connectivity index (χ3v) is 4.62. The van der Waals surface area contributed by atoms with Crippen molar-refractivity contribution in [3.8, 4) is 5.75 Å². The van der Waals surface area contributed by atoms with Gasteiger partial charge in [0, 0.05) is 10.2 Å². The second kappa shape index (κ2) is 5.80. The molecule has 1 aromatic carbocycles. The predicted octanol–water partition coefficient (Wildman–Crippen LogP) is 3.42. The molecule has 0 aliphatic carbocycles. The SMILES string of the molecule is COc1ccc(Br)c(CSc2ncnc3nc[nH]c23)c1. The summed E-state index contributed by atoms with van der Waals surface area (Å²) in [6, 6.07) is 5.93. The highest BCUT2D eigenvalue weighted by molar-refractivity contribution is 9.10. The zero-order chi connectivity index (χ0) is 13.9. The maximum Gasteiger partial charge on any atom is 0.181 e. The Bertz CT molecular complexity index is 746. The van der Waals surface area contributed by atoms with E-state index in [2.05, 4.69) is 35.9 Å². The van der Waals surface area contributed by atoms with Crippen LogP contribution in [0.4, 0.5) is 0 Å². The summed E-state index contributed by atoms with van der Waals surface area (Å²) in [5, 5.41) is 0.891. The molecular formula is C13H11BrN4OS. The number of hydrogen-bond donors (Lipinski definition) is 1. The molecule has 0 bridgehead atoms. The number of ether oxygens (including phenoxy) is 1. The van der Waals surface area contributed by atoms with Gasteiger partial charge in [0.05, 0.1) is 13.4 Å². The minimum atomic E-state index is 0.687. The number of imidazole rings is 1. The molecule has 2 aromatic heterocycles. The number of thioether (sulfide) groups is 1. The number of nitrogens with zero attached hydrogens (tertiary/aromatic N) is 3. The van der Waals surface area contributed by atoms with Gasteiger partial charge in [-0.15, -0.1) is 0 Å². The van der Waals surface area contributed by atoms with E-state index in [4.69, 9.17) is 4.74 Å². The molecule has 0 aliphatic rings. The van der Waals surface area contributed by atoms with E-state index in [1.807, 2.05) is 18.2 Å². The number of methoxy groups -OCH3 is 1. The summed E-state index contributed by atoms with van der Waals surface area (Å²) in [5.41, 5.74) is 2.71. The normalized spacial score (nSPS) is 10.9. The van der Waals surface area contributed by atoms with Gasteiger partial charge in [0.25, 0.3) is 0 Å². The number of hydrogen-bond acceptors (Lipinski definition) is 5. The van der Waals surface area contributed by atoms with Crippen molar-refractivity contribution >= 4 is 38.9 Å². The van der Waals surface area contributed by atoms with Crippen LogP contribution in [0.1, 0.15) is 5.56 Å². The summed E-state index contributed by atoms with van der Waals surface area (Å²) in [5.74, 6) is 1.63. The van der Waals surface area contributed by atoms with Crippen molar-refractivity contribution in [3.63, 3.8) is 0 Å². The summed E-state index contributed by atoms with van der Waals surface area (Å²) in [6.45, 7) is 0. The third-order valence-electron chi connectivity index (χ3n) is 2.81. The average molecular weight is 351 g/mol. The van der Waals surface area contributed by atoms with Crippen LogP contribution >= 0.6 is 27.7 Å². The largest absolute Gasteiger partial charge is 0.497 e. The highest BCUT2D eigenvalue weighted by Crippen LogP contribution is 2.30. The summed E-state index contributed by atoms with van der Waals surface area (Å²) >= 11 is 5.19. The van der Waals surface area contributed by atoms with Gasteiger partial charge in [-0.25, -0.2) is 15.0 Å². The monoisotopic (exact) mass is 350 g/mol. The zero-order valence-electron chi connectivity index (χ0n) is 10.6. The third kappa shape index (κ3) is 2.64. The highest BCUT2D eigenvalue weighted by Gasteiger charge is 2.08. The molecule has 5 nitrogen and oxygen atoms in total. The highest BCUT2D eigenvalue weighted by atomic mass is 79.9. The summed E-state index contributed by atoms with van der Waals surface area (Å²) in [7, 11) is 1.67. The topological polar surface area (TPSA) is 63.7 Å². The van der Waals surface area contributed by atoms with Crippen molar-refractivity contribution in [3.05, 3.63) is 40.9 Å². The Kier molecular flexibility index (Phi) is 3.88. The van der Waals surface area contributed by atoms with Crippen molar-refractivity contribution < 1.29 is 4.74 Å². The number of halogens is 1. The fourth-order valence-electron chi connectivity index (χ4n) is 1.79. The van der Waals surface area contributed by atoms with Gasteiger partial charge in [0.1, 0.15) is 22.6 Å². The molecule has 0 fully saturated rings. The molecule has 0 saturated heterocycles. The molecule has 0 aliphatic heterocycles. The first-order chi connectivity index (χ1) is 9.78. The Morgan fingerprint density at radius 3 is 3.05 bits per heavy atom. The fraction of sp³-hybridized carbons (Fsp3) is 0.154. The molecule has 3 aromatic rings. The Morgan fingerprint density at radius 1 is 1.30 bits per heavy atom. The average Bonchev–Trinajstić information content (AvgIpc) is 2.95. The first-order valence-electron chi connectivity index (χ1n) is 5.87. The minimum absolute atomic E-state index is 0.687. The van der Waals surface area contributed by atoms with Gasteiger partial charge in [-0.1, -0.05) is 27.7 Å². The van der Waals surface area contributed by atoms with Crippen molar-refractivity contribution in [2.75, 3.05) is 7.11 Å². The number of aromatic nitrogens is 4. The molecule has 0 unspecified atom stereocenters. The van der Waals surface area contributed by atoms with E-state index < -0.39 is 0 Å². The lowest BCUT2D eigenvalue weighted by Crippen LogP contribution is -1.90. The van der Waals surface area contributed by atoms with Gasteiger partial charge in [-0.2, -0.15) is 0 Å². The molecule has 20 heavy (non-hydrogen) atoms. The lowest BCUT2D eigenvalue weighted by molar-refractivity contribution is 0.414. The van der Waals surface area contributed by atoms with E-state index in [0.29, 0.717) is 5.65 Å². The van der Waals surface area contributed by atoms with Crippen LogP contribution < -0.4 is 4.74 Å². The predicted molar refractivity (Wildman–Crippen MR) is 81.9 cm³/mol. The molecular weight excluding hydrogens is 340 g/mol. The Balaban J connectivity index is 1.84. The van der Waals surface area contributed by atoms with Gasteiger partial charge in [0.15, 0.2) is 5.65 Å². The molecule has 0 spiro atoms. The quantitative estimate of drug-likeness (QED) is 0.576. The second-order valence-corrected chi connectivity index (χ2v) is 5.84. The van der Waals surface area contributed by atoms with Gasteiger partial charge in [0.2, 0.25) is 0 Å². The molecule has 0 saturated carbocycles. The summed E-state index contributed by atoms with van der Waals surface area (Å²) < 4.78 is 6.30. The molecule has 0 radical (unpaired) electrons. The van der Waals surface area contributed by atoms with Crippen molar-refractivity contribution in [1.82, 2.24) is 19.9 Å². The summed E-state index contributed by atoms with van der Waals surface area (Å²) in [4.78, 5) is 15.6. The molecule has 2 heterocycles. The maximum absolute atomic E-state index is 5.25. The van der Waals surface area contributed by atoms with Crippen LogP contribution in [0, 0.1) is 0 Å². The van der Waals surface area contributed by atoms with Gasteiger partial charge >= 0.3 is 0 Å². The van der Waals surface area contributed by atoms with E-state index in [1.54, 1.807) is 25.2 Å². The minimum Gasteiger partial charge on any atom is -0.497 e. The molecule has 0 amide bonds. The Labute approximate surface area is 128 Å². The molecule has 7 heteroatoms. The second-order valence-electron chi connectivity index (χ2n) is 4.03. The van der Waals surface area contributed by atoms with Crippen LogP contribution in [0.2, 0.25) is 0 Å². The van der Waals surface area contributed by atoms with Crippen molar-refractivity contribution in [1.29, 1.82) is 0 Å². The maximum atomic E-state index is 5.25. The van der Waals surface area contributed by atoms with Crippen LogP contribution in [0.15, 0.2) is 40.4 Å². The van der Waals surface area contributed by atoms with Gasteiger partial charge in [-0.05, 0) is 23.8 Å². The van der Waals surface area contributed by atoms with E-state index in [-0.39, 0.29) is 0 Å². The van der Waals surface area contributed by atoms with Crippen molar-refractivity contribution in [2.24, 2.45) is 0 Å². The Hall–Kier alpha value is -1.60. The van der Waals surface area contributed by atoms with Crippen molar-refractivity contribution in [2.45, 2.75) is 10.8 Å². The summed E-state index contributed by atoms with van der Waals surface area (Å²) in [6.07, 6.45) is 3.16. The number of benzene rings is 1. The van der Waals surface area contributed by atoms with E-state index in [0.717, 1.165) is 32.1 Å². The lowest BCUT2D eigenvalue weighted by atomic mass is 10.2. The van der Waals surface area contributed by atoms with Gasteiger partial charge in [-0.3, -0.25) is 0 Å². The number of H-pyrrole nitrogens is 1. The van der Waals surface area contributed by atoms with Gasteiger partial charge < -0.3 is 9.72 Å². The fourth-order valence-corrected chi connectivity index (χ4v) is 3.31. The van der Waals surface area contributed by atoms with Crippen LogP contribution in [0.25, 0.3) is 11.2 Å². The lowest BCUT2D eigenvalue weighted by Gasteiger charge is -2.07. The molecule has 3 rings (SSSR count). The first-order valence-corrected chi connectivity index (χ1v) is 7.65. The number of rotatable bonds is 4. The van der Waals surface area contributed by atoms with Crippen LogP contribution in [0.3, 0.4) is 0 Å². The standard InChI is InChI=1S/C13H11BrN4OS/c1-19-9-2-3-10(14)8(4-9)5-20-13-11-12(16-6-15-11)17-7-18-13/h2-4,6-7H,5H2,1H3,(H,15,16,17,18). The first kappa shape index (κ1) is 13.4. The van der Waals surface area contributed by atoms with E-state index in [9.17, 15) is 0 Å². The molecule has 0 atom stereocenters. The zero-order valence-corrected chi connectivity index (χ0v) is 13.0. The Morgan fingerprint density at radius 2 is 2.20 bits per heavy atom.